The molecule has 2 heterocycles. The Bertz CT molecular complexity index is 802. The Balaban J connectivity index is 1.47. The van der Waals surface area contributed by atoms with Gasteiger partial charge in [0.05, 0.1) is 18.5 Å². The van der Waals surface area contributed by atoms with Crippen LogP contribution in [-0.4, -0.2) is 29.7 Å². The molecule has 136 valence electrons. The van der Waals surface area contributed by atoms with Crippen molar-refractivity contribution < 1.29 is 18.8 Å². The highest BCUT2D eigenvalue weighted by Crippen LogP contribution is 2.18. The van der Waals surface area contributed by atoms with Crippen LogP contribution in [0.5, 0.6) is 0 Å². The van der Waals surface area contributed by atoms with Gasteiger partial charge in [0.15, 0.2) is 0 Å². The van der Waals surface area contributed by atoms with Crippen molar-refractivity contribution in [1.82, 2.24) is 10.6 Å². The van der Waals surface area contributed by atoms with Crippen LogP contribution in [0.2, 0.25) is 5.02 Å². The molecule has 2 unspecified atom stereocenters. The van der Waals surface area contributed by atoms with Crippen LogP contribution < -0.4 is 10.6 Å². The second-order valence-electron chi connectivity index (χ2n) is 5.87. The number of hydrogen-bond acceptors (Lipinski definition) is 5. The van der Waals surface area contributed by atoms with Crippen LogP contribution in [0.25, 0.3) is 0 Å². The highest BCUT2D eigenvalue weighted by Gasteiger charge is 2.30. The highest BCUT2D eigenvalue weighted by atomic mass is 35.5. The topological polar surface area (TPSA) is 92.9 Å². The number of furan rings is 1. The van der Waals surface area contributed by atoms with Gasteiger partial charge in [0.25, 0.3) is 5.91 Å². The summed E-state index contributed by atoms with van der Waals surface area (Å²) in [4.78, 5) is 29.6. The van der Waals surface area contributed by atoms with Crippen LogP contribution in [0.3, 0.4) is 0 Å². The number of hydrogen-bond donors (Lipinski definition) is 2. The number of rotatable bonds is 6. The predicted molar refractivity (Wildman–Crippen MR) is 95.6 cm³/mol. The van der Waals surface area contributed by atoms with E-state index >= 15 is 0 Å². The molecule has 2 atom stereocenters. The Hall–Kier alpha value is -2.80. The van der Waals surface area contributed by atoms with Gasteiger partial charge < -0.3 is 19.9 Å². The second-order valence-corrected chi connectivity index (χ2v) is 6.31. The van der Waals surface area contributed by atoms with E-state index < -0.39 is 18.1 Å². The van der Waals surface area contributed by atoms with Crippen molar-refractivity contribution in [3.63, 3.8) is 0 Å². The third-order valence-electron chi connectivity index (χ3n) is 3.91. The van der Waals surface area contributed by atoms with E-state index in [1.807, 2.05) is 12.1 Å². The van der Waals surface area contributed by atoms with Gasteiger partial charge in [-0.15, -0.1) is 0 Å². The summed E-state index contributed by atoms with van der Waals surface area (Å²) in [6.07, 6.45) is 1.09. The highest BCUT2D eigenvalue weighted by molar-refractivity contribution is 6.30. The lowest BCUT2D eigenvalue weighted by molar-refractivity contribution is -0.135. The maximum Gasteiger partial charge on any atom is 0.264 e. The number of halogens is 1. The molecule has 1 aliphatic heterocycles. The lowest BCUT2D eigenvalue weighted by atomic mass is 10.0. The van der Waals surface area contributed by atoms with Gasteiger partial charge in [-0.25, -0.2) is 0 Å². The fourth-order valence-electron chi connectivity index (χ4n) is 2.44. The smallest absolute Gasteiger partial charge is 0.264 e. The summed E-state index contributed by atoms with van der Waals surface area (Å²) in [7, 11) is 0. The molecule has 0 spiro atoms. The maximum absolute atomic E-state index is 12.3. The minimum Gasteiger partial charge on any atom is -0.467 e. The molecule has 2 amide bonds. The van der Waals surface area contributed by atoms with Crippen molar-refractivity contribution in [3.05, 3.63) is 59.0 Å². The van der Waals surface area contributed by atoms with Crippen LogP contribution in [0.1, 0.15) is 24.7 Å². The summed E-state index contributed by atoms with van der Waals surface area (Å²) in [5.41, 5.74) is 1.51. The summed E-state index contributed by atoms with van der Waals surface area (Å²) in [6.45, 7) is 1.86. The number of amides is 2. The van der Waals surface area contributed by atoms with E-state index in [0.717, 1.165) is 5.56 Å². The number of benzene rings is 1. The van der Waals surface area contributed by atoms with Crippen LogP contribution in [0, 0.1) is 0 Å². The molecule has 1 aliphatic rings. The van der Waals surface area contributed by atoms with Crippen LogP contribution >= 0.6 is 11.6 Å². The first kappa shape index (κ1) is 18.0. The van der Waals surface area contributed by atoms with Crippen molar-refractivity contribution in [2.24, 2.45) is 5.16 Å². The van der Waals surface area contributed by atoms with E-state index in [4.69, 9.17) is 20.9 Å². The minimum absolute atomic E-state index is 0.260. The van der Waals surface area contributed by atoms with E-state index in [0.29, 0.717) is 22.9 Å². The fraction of sp³-hybridized carbons (Fsp3) is 0.278. The largest absolute Gasteiger partial charge is 0.467 e. The molecule has 2 aromatic rings. The van der Waals surface area contributed by atoms with E-state index in [9.17, 15) is 9.59 Å². The number of oxime groups is 1. The van der Waals surface area contributed by atoms with Gasteiger partial charge in [0.2, 0.25) is 12.0 Å². The van der Waals surface area contributed by atoms with Crippen LogP contribution in [-0.2, 0) is 21.0 Å². The molecule has 0 fully saturated rings. The monoisotopic (exact) mass is 375 g/mol. The van der Waals surface area contributed by atoms with Crippen molar-refractivity contribution in [1.29, 1.82) is 0 Å². The number of nitrogens with one attached hydrogen (secondary N) is 2. The van der Waals surface area contributed by atoms with Crippen molar-refractivity contribution in [2.45, 2.75) is 32.0 Å². The summed E-state index contributed by atoms with van der Waals surface area (Å²) in [5.74, 6) is -0.0676. The molecule has 0 saturated heterocycles. The first-order valence-electron chi connectivity index (χ1n) is 8.12. The SMILES string of the molecule is CC(NC(=O)C1CC(c2ccc(Cl)cc2)=NO1)C(=O)NCc1ccco1. The minimum atomic E-state index is -0.763. The van der Waals surface area contributed by atoms with Gasteiger partial charge in [-0.05, 0) is 36.8 Å². The predicted octanol–water partition coefficient (Wildman–Crippen LogP) is 2.25. The normalized spacial score (nSPS) is 17.2. The molecule has 0 saturated carbocycles. The summed E-state index contributed by atoms with van der Waals surface area (Å²) < 4.78 is 5.14. The van der Waals surface area contributed by atoms with Crippen molar-refractivity contribution >= 4 is 29.1 Å². The fourth-order valence-corrected chi connectivity index (χ4v) is 2.57. The molecule has 8 heteroatoms. The number of carbonyl (C=O) groups excluding carboxylic acids is 2. The standard InChI is InChI=1S/C18H18ClN3O4/c1-11(17(23)20-10-14-3-2-8-25-14)21-18(24)16-9-15(22-26-16)12-4-6-13(19)7-5-12/h2-8,11,16H,9-10H2,1H3,(H,20,23)(H,21,24). The lowest BCUT2D eigenvalue weighted by Gasteiger charge is -2.15. The average molecular weight is 376 g/mol. The lowest BCUT2D eigenvalue weighted by Crippen LogP contribution is -2.47. The maximum atomic E-state index is 12.3. The Morgan fingerprint density at radius 1 is 1.31 bits per heavy atom. The molecule has 26 heavy (non-hydrogen) atoms. The molecule has 0 bridgehead atoms. The zero-order valence-electron chi connectivity index (χ0n) is 14.1. The number of carbonyl (C=O) groups is 2. The van der Waals surface area contributed by atoms with E-state index in [2.05, 4.69) is 15.8 Å². The van der Waals surface area contributed by atoms with Crippen LogP contribution in [0.4, 0.5) is 0 Å². The molecular formula is C18H18ClN3O4. The van der Waals surface area contributed by atoms with E-state index in [-0.39, 0.29) is 12.5 Å². The molecule has 7 nitrogen and oxygen atoms in total. The summed E-state index contributed by atoms with van der Waals surface area (Å²) in [5, 5.41) is 9.91. The zero-order chi connectivity index (χ0) is 18.5. The Labute approximate surface area is 155 Å². The molecule has 1 aromatic carbocycles. The third kappa shape index (κ3) is 4.43. The quantitative estimate of drug-likeness (QED) is 0.809. The van der Waals surface area contributed by atoms with Crippen molar-refractivity contribution in [3.8, 4) is 0 Å². The van der Waals surface area contributed by atoms with Crippen molar-refractivity contribution in [2.75, 3.05) is 0 Å². The average Bonchev–Trinajstić information content (AvgIpc) is 3.32. The van der Waals surface area contributed by atoms with Gasteiger partial charge in [-0.3, -0.25) is 9.59 Å². The van der Waals surface area contributed by atoms with E-state index in [1.165, 1.54) is 6.26 Å². The Kier molecular flexibility index (Phi) is 5.58. The first-order valence-corrected chi connectivity index (χ1v) is 8.50. The van der Waals surface area contributed by atoms with Crippen LogP contribution in [0.15, 0.2) is 52.2 Å². The number of nitrogens with zero attached hydrogens (tertiary/aromatic N) is 1. The molecular weight excluding hydrogens is 358 g/mol. The molecule has 0 radical (unpaired) electrons. The van der Waals surface area contributed by atoms with E-state index in [1.54, 1.807) is 31.2 Å². The van der Waals surface area contributed by atoms with Gasteiger partial charge in [-0.2, -0.15) is 0 Å². The van der Waals surface area contributed by atoms with Gasteiger partial charge >= 0.3 is 0 Å². The Morgan fingerprint density at radius 2 is 2.08 bits per heavy atom. The molecule has 3 rings (SSSR count). The third-order valence-corrected chi connectivity index (χ3v) is 4.16. The van der Waals surface area contributed by atoms with Gasteiger partial charge in [0, 0.05) is 11.4 Å². The molecule has 0 aliphatic carbocycles. The summed E-state index contributed by atoms with van der Waals surface area (Å²) >= 11 is 5.86. The zero-order valence-corrected chi connectivity index (χ0v) is 14.8. The second kappa shape index (κ2) is 8.05. The first-order chi connectivity index (χ1) is 12.5. The van der Waals surface area contributed by atoms with Gasteiger partial charge in [-0.1, -0.05) is 28.9 Å². The Morgan fingerprint density at radius 3 is 2.77 bits per heavy atom. The van der Waals surface area contributed by atoms with Gasteiger partial charge in [0.1, 0.15) is 11.8 Å². The summed E-state index contributed by atoms with van der Waals surface area (Å²) in [6, 6.07) is 9.91. The molecule has 1 aromatic heterocycles. The molecule has 2 N–H and O–H groups in total.